The van der Waals surface area contributed by atoms with Crippen LogP contribution in [0.15, 0.2) is 12.4 Å². The molecule has 3 N–H and O–H groups in total. The molecule has 0 spiro atoms. The summed E-state index contributed by atoms with van der Waals surface area (Å²) in [6, 6.07) is 0.355. The number of aromatic nitrogens is 2. The molecule has 0 bridgehead atoms. The zero-order valence-corrected chi connectivity index (χ0v) is 7.41. The van der Waals surface area contributed by atoms with E-state index in [2.05, 4.69) is 15.3 Å². The fraction of sp³-hybridized carbons (Fsp3) is 0.500. The first-order chi connectivity index (χ1) is 5.72. The molecule has 0 saturated heterocycles. The minimum Gasteiger partial charge on any atom is -0.352 e. The summed E-state index contributed by atoms with van der Waals surface area (Å²) in [5.74, 6) is 0.655. The highest BCUT2D eigenvalue weighted by molar-refractivity contribution is 5.25. The molecule has 0 radical (unpaired) electrons. The van der Waals surface area contributed by atoms with Crippen LogP contribution in [0.3, 0.4) is 0 Å². The van der Waals surface area contributed by atoms with Crippen molar-refractivity contribution < 1.29 is 0 Å². The SMILES string of the molecule is CC(C)Nc1ncc(CN)cn1. The molecule has 4 heteroatoms. The molecule has 0 saturated carbocycles. The van der Waals surface area contributed by atoms with Gasteiger partial charge in [0.1, 0.15) is 0 Å². The summed E-state index contributed by atoms with van der Waals surface area (Å²) >= 11 is 0. The zero-order valence-electron chi connectivity index (χ0n) is 7.41. The van der Waals surface area contributed by atoms with E-state index in [1.54, 1.807) is 12.4 Å². The Kier molecular flexibility index (Phi) is 2.99. The Morgan fingerprint density at radius 2 is 2.00 bits per heavy atom. The van der Waals surface area contributed by atoms with E-state index in [1.807, 2.05) is 13.8 Å². The zero-order chi connectivity index (χ0) is 8.97. The first-order valence-corrected chi connectivity index (χ1v) is 4.00. The van der Waals surface area contributed by atoms with E-state index in [0.29, 0.717) is 18.5 Å². The van der Waals surface area contributed by atoms with Crippen LogP contribution in [0, 0.1) is 0 Å². The van der Waals surface area contributed by atoms with Crippen molar-refractivity contribution in [2.45, 2.75) is 26.4 Å². The van der Waals surface area contributed by atoms with Crippen LogP contribution in [0.4, 0.5) is 5.95 Å². The standard InChI is InChI=1S/C8H14N4/c1-6(2)12-8-10-4-7(3-9)5-11-8/h4-6H,3,9H2,1-2H3,(H,10,11,12). The van der Waals surface area contributed by atoms with E-state index in [1.165, 1.54) is 0 Å². The van der Waals surface area contributed by atoms with Crippen LogP contribution < -0.4 is 11.1 Å². The largest absolute Gasteiger partial charge is 0.352 e. The predicted octanol–water partition coefficient (Wildman–Crippen LogP) is 0.756. The van der Waals surface area contributed by atoms with Crippen LogP contribution in [0.5, 0.6) is 0 Å². The molecule has 12 heavy (non-hydrogen) atoms. The minimum atomic E-state index is 0.355. The van der Waals surface area contributed by atoms with Crippen molar-refractivity contribution in [1.82, 2.24) is 9.97 Å². The van der Waals surface area contributed by atoms with E-state index in [4.69, 9.17) is 5.73 Å². The molecule has 0 aromatic carbocycles. The molecule has 0 unspecified atom stereocenters. The number of nitrogens with zero attached hydrogens (tertiary/aromatic N) is 2. The maximum atomic E-state index is 5.40. The van der Waals surface area contributed by atoms with Crippen molar-refractivity contribution >= 4 is 5.95 Å². The van der Waals surface area contributed by atoms with Crippen molar-refractivity contribution in [1.29, 1.82) is 0 Å². The van der Waals surface area contributed by atoms with Crippen molar-refractivity contribution in [3.63, 3.8) is 0 Å². The fourth-order valence-electron chi connectivity index (χ4n) is 0.793. The maximum Gasteiger partial charge on any atom is 0.222 e. The van der Waals surface area contributed by atoms with Gasteiger partial charge in [0.05, 0.1) is 0 Å². The van der Waals surface area contributed by atoms with E-state index >= 15 is 0 Å². The van der Waals surface area contributed by atoms with Crippen molar-refractivity contribution in [3.05, 3.63) is 18.0 Å². The highest BCUT2D eigenvalue weighted by atomic mass is 15.1. The Morgan fingerprint density at radius 1 is 1.42 bits per heavy atom. The van der Waals surface area contributed by atoms with Crippen LogP contribution in [0.2, 0.25) is 0 Å². The van der Waals surface area contributed by atoms with E-state index in [-0.39, 0.29) is 0 Å². The second-order valence-corrected chi connectivity index (χ2v) is 2.92. The normalized spacial score (nSPS) is 10.3. The smallest absolute Gasteiger partial charge is 0.222 e. The molecule has 0 fully saturated rings. The lowest BCUT2D eigenvalue weighted by Crippen LogP contribution is -2.12. The molecule has 1 aromatic rings. The topological polar surface area (TPSA) is 63.8 Å². The number of rotatable bonds is 3. The lowest BCUT2D eigenvalue weighted by molar-refractivity contribution is 0.869. The van der Waals surface area contributed by atoms with Crippen LogP contribution in [0.25, 0.3) is 0 Å². The molecule has 66 valence electrons. The average molecular weight is 166 g/mol. The van der Waals surface area contributed by atoms with Gasteiger partial charge in [-0.05, 0) is 13.8 Å². The number of hydrogen-bond acceptors (Lipinski definition) is 4. The number of hydrogen-bond donors (Lipinski definition) is 2. The van der Waals surface area contributed by atoms with E-state index < -0.39 is 0 Å². The van der Waals surface area contributed by atoms with Gasteiger partial charge in [-0.1, -0.05) is 0 Å². The van der Waals surface area contributed by atoms with Gasteiger partial charge in [0.2, 0.25) is 5.95 Å². The lowest BCUT2D eigenvalue weighted by atomic mass is 10.3. The number of anilines is 1. The first-order valence-electron chi connectivity index (χ1n) is 4.00. The van der Waals surface area contributed by atoms with Gasteiger partial charge in [-0.25, -0.2) is 9.97 Å². The summed E-state index contributed by atoms with van der Waals surface area (Å²) < 4.78 is 0. The van der Waals surface area contributed by atoms with Crippen LogP contribution in [-0.2, 0) is 6.54 Å². The number of nitrogens with one attached hydrogen (secondary N) is 1. The third-order valence-corrected chi connectivity index (χ3v) is 1.36. The molecule has 0 aliphatic carbocycles. The number of nitrogens with two attached hydrogens (primary N) is 1. The fourth-order valence-corrected chi connectivity index (χ4v) is 0.793. The van der Waals surface area contributed by atoms with Crippen molar-refractivity contribution in [2.75, 3.05) is 5.32 Å². The maximum absolute atomic E-state index is 5.40. The molecule has 0 aliphatic rings. The monoisotopic (exact) mass is 166 g/mol. The molecule has 1 aromatic heterocycles. The summed E-state index contributed by atoms with van der Waals surface area (Å²) in [7, 11) is 0. The molecule has 0 aliphatic heterocycles. The highest BCUT2D eigenvalue weighted by Gasteiger charge is 1.97. The Hall–Kier alpha value is -1.16. The summed E-state index contributed by atoms with van der Waals surface area (Å²) in [6.45, 7) is 4.57. The Balaban J connectivity index is 2.65. The second-order valence-electron chi connectivity index (χ2n) is 2.92. The molecule has 1 rings (SSSR count). The third-order valence-electron chi connectivity index (χ3n) is 1.36. The highest BCUT2D eigenvalue weighted by Crippen LogP contribution is 2.00. The van der Waals surface area contributed by atoms with Gasteiger partial charge in [-0.2, -0.15) is 0 Å². The van der Waals surface area contributed by atoms with Gasteiger partial charge in [0.15, 0.2) is 0 Å². The first kappa shape index (κ1) is 8.93. The molecular weight excluding hydrogens is 152 g/mol. The van der Waals surface area contributed by atoms with Gasteiger partial charge >= 0.3 is 0 Å². The molecular formula is C8H14N4. The Bertz CT molecular complexity index is 229. The predicted molar refractivity (Wildman–Crippen MR) is 48.7 cm³/mol. The van der Waals surface area contributed by atoms with Crippen LogP contribution in [0.1, 0.15) is 19.4 Å². The summed E-state index contributed by atoms with van der Waals surface area (Å²) in [6.07, 6.45) is 3.47. The quantitative estimate of drug-likeness (QED) is 0.695. The summed E-state index contributed by atoms with van der Waals surface area (Å²) in [4.78, 5) is 8.17. The molecule has 0 atom stereocenters. The molecule has 0 amide bonds. The van der Waals surface area contributed by atoms with Gasteiger partial charge in [0, 0.05) is 30.5 Å². The second kappa shape index (κ2) is 4.01. The van der Waals surface area contributed by atoms with Gasteiger partial charge < -0.3 is 11.1 Å². The van der Waals surface area contributed by atoms with Crippen molar-refractivity contribution in [2.24, 2.45) is 5.73 Å². The van der Waals surface area contributed by atoms with Gasteiger partial charge in [0.25, 0.3) is 0 Å². The van der Waals surface area contributed by atoms with E-state index in [0.717, 1.165) is 5.56 Å². The van der Waals surface area contributed by atoms with Crippen molar-refractivity contribution in [3.8, 4) is 0 Å². The van der Waals surface area contributed by atoms with Crippen LogP contribution >= 0.6 is 0 Å². The minimum absolute atomic E-state index is 0.355. The lowest BCUT2D eigenvalue weighted by Gasteiger charge is -2.07. The van der Waals surface area contributed by atoms with Crippen LogP contribution in [-0.4, -0.2) is 16.0 Å². The summed E-state index contributed by atoms with van der Waals surface area (Å²) in [5, 5.41) is 3.09. The van der Waals surface area contributed by atoms with Gasteiger partial charge in [-0.15, -0.1) is 0 Å². The molecule has 4 nitrogen and oxygen atoms in total. The summed E-state index contributed by atoms with van der Waals surface area (Å²) in [5.41, 5.74) is 6.35. The average Bonchev–Trinajstić information content (AvgIpc) is 2.05. The Labute approximate surface area is 72.2 Å². The Morgan fingerprint density at radius 3 is 2.42 bits per heavy atom. The van der Waals surface area contributed by atoms with Gasteiger partial charge in [-0.3, -0.25) is 0 Å². The third kappa shape index (κ3) is 2.47. The van der Waals surface area contributed by atoms with E-state index in [9.17, 15) is 0 Å². The molecule has 1 heterocycles.